The maximum atomic E-state index is 11.9. The van der Waals surface area contributed by atoms with Gasteiger partial charge in [-0.15, -0.1) is 12.4 Å². The van der Waals surface area contributed by atoms with Gasteiger partial charge >= 0.3 is 0 Å². The molecule has 9 nitrogen and oxygen atoms in total. The first-order valence-corrected chi connectivity index (χ1v) is 5.63. The lowest BCUT2D eigenvalue weighted by Gasteiger charge is -2.05. The van der Waals surface area contributed by atoms with E-state index in [-0.39, 0.29) is 23.7 Å². The van der Waals surface area contributed by atoms with Gasteiger partial charge in [0.05, 0.1) is 21.5 Å². The van der Waals surface area contributed by atoms with Crippen molar-refractivity contribution in [2.24, 2.45) is 0 Å². The second-order valence-corrected chi connectivity index (χ2v) is 3.91. The van der Waals surface area contributed by atoms with Crippen LogP contribution in [-0.2, 0) is 0 Å². The Morgan fingerprint density at radius 2 is 1.86 bits per heavy atom. The molecule has 2 aromatic rings. The SMILES string of the molecule is Cl.O=C(Nc1ccc([N+](=O)[O-])cc1[N+](=O)[O-])c1cccnc1. The molecule has 0 unspecified atom stereocenters. The normalized spacial score (nSPS) is 9.45. The topological polar surface area (TPSA) is 128 Å². The number of amides is 1. The standard InChI is InChI=1S/C12H8N4O5.ClH/c17-12(8-2-1-5-13-7-8)14-10-4-3-9(15(18)19)6-11(10)16(20)21;/h1-7H,(H,14,17);1H. The van der Waals surface area contributed by atoms with Crippen molar-refractivity contribution >= 4 is 35.4 Å². The Bertz CT molecular complexity index is 723. The molecule has 0 aliphatic rings. The molecule has 0 aliphatic carbocycles. The van der Waals surface area contributed by atoms with E-state index in [1.165, 1.54) is 18.5 Å². The van der Waals surface area contributed by atoms with E-state index in [0.717, 1.165) is 18.2 Å². The van der Waals surface area contributed by atoms with E-state index in [1.54, 1.807) is 6.07 Å². The van der Waals surface area contributed by atoms with E-state index < -0.39 is 27.1 Å². The zero-order valence-electron chi connectivity index (χ0n) is 10.8. The van der Waals surface area contributed by atoms with Crippen LogP contribution in [0.4, 0.5) is 17.1 Å². The molecule has 0 radical (unpaired) electrons. The first kappa shape index (κ1) is 17.0. The third-order valence-electron chi connectivity index (χ3n) is 2.56. The average Bonchev–Trinajstić information content (AvgIpc) is 2.48. The van der Waals surface area contributed by atoms with Gasteiger partial charge in [0, 0.05) is 18.5 Å². The number of non-ortho nitro benzene ring substituents is 1. The number of nitro groups is 2. The number of rotatable bonds is 4. The molecule has 114 valence electrons. The fraction of sp³-hybridized carbons (Fsp3) is 0. The Labute approximate surface area is 129 Å². The van der Waals surface area contributed by atoms with Gasteiger partial charge < -0.3 is 5.32 Å². The van der Waals surface area contributed by atoms with Crippen LogP contribution < -0.4 is 5.32 Å². The molecule has 2 rings (SSSR count). The highest BCUT2D eigenvalue weighted by atomic mass is 35.5. The van der Waals surface area contributed by atoms with Crippen molar-refractivity contribution in [3.05, 3.63) is 68.5 Å². The first-order valence-electron chi connectivity index (χ1n) is 5.63. The molecule has 1 aromatic carbocycles. The quantitative estimate of drug-likeness (QED) is 0.679. The fourth-order valence-electron chi connectivity index (χ4n) is 1.58. The van der Waals surface area contributed by atoms with E-state index >= 15 is 0 Å². The van der Waals surface area contributed by atoms with Gasteiger partial charge in [0.2, 0.25) is 0 Å². The van der Waals surface area contributed by atoms with Gasteiger partial charge in [0.1, 0.15) is 5.69 Å². The second kappa shape index (κ2) is 7.09. The summed E-state index contributed by atoms with van der Waals surface area (Å²) in [4.78, 5) is 35.7. The minimum atomic E-state index is -0.800. The van der Waals surface area contributed by atoms with Crippen molar-refractivity contribution in [3.63, 3.8) is 0 Å². The summed E-state index contributed by atoms with van der Waals surface area (Å²) in [6.07, 6.45) is 2.78. The lowest BCUT2D eigenvalue weighted by atomic mass is 10.2. The second-order valence-electron chi connectivity index (χ2n) is 3.91. The average molecular weight is 325 g/mol. The molecule has 0 saturated carbocycles. The van der Waals surface area contributed by atoms with Crippen LogP contribution in [0.3, 0.4) is 0 Å². The fourth-order valence-corrected chi connectivity index (χ4v) is 1.58. The number of aromatic nitrogens is 1. The largest absolute Gasteiger partial charge is 0.316 e. The lowest BCUT2D eigenvalue weighted by Crippen LogP contribution is -2.13. The molecule has 0 fully saturated rings. The molecule has 0 spiro atoms. The van der Waals surface area contributed by atoms with Gasteiger partial charge in [-0.05, 0) is 18.2 Å². The van der Waals surface area contributed by atoms with E-state index in [4.69, 9.17) is 0 Å². The van der Waals surface area contributed by atoms with Gasteiger partial charge in [-0.2, -0.15) is 0 Å². The number of nitrogens with one attached hydrogen (secondary N) is 1. The van der Waals surface area contributed by atoms with E-state index in [9.17, 15) is 25.0 Å². The summed E-state index contributed by atoms with van der Waals surface area (Å²) in [6, 6.07) is 6.01. The van der Waals surface area contributed by atoms with Crippen molar-refractivity contribution in [2.75, 3.05) is 5.32 Å². The van der Waals surface area contributed by atoms with Gasteiger partial charge in [0.25, 0.3) is 17.3 Å². The minimum Gasteiger partial charge on any atom is -0.316 e. The Morgan fingerprint density at radius 3 is 2.41 bits per heavy atom. The molecule has 0 atom stereocenters. The molecule has 1 N–H and O–H groups in total. The van der Waals surface area contributed by atoms with Crippen LogP contribution in [0.2, 0.25) is 0 Å². The molecule has 0 aliphatic heterocycles. The summed E-state index contributed by atoms with van der Waals surface area (Å²) in [5, 5.41) is 23.9. The highest BCUT2D eigenvalue weighted by molar-refractivity contribution is 6.05. The van der Waals surface area contributed by atoms with Gasteiger partial charge in [-0.25, -0.2) is 0 Å². The van der Waals surface area contributed by atoms with Gasteiger partial charge in [0.15, 0.2) is 0 Å². The van der Waals surface area contributed by atoms with Crippen LogP contribution in [0.1, 0.15) is 10.4 Å². The van der Waals surface area contributed by atoms with E-state index in [2.05, 4.69) is 10.3 Å². The summed E-state index contributed by atoms with van der Waals surface area (Å²) >= 11 is 0. The summed E-state index contributed by atoms with van der Waals surface area (Å²) < 4.78 is 0. The molecular formula is C12H9ClN4O5. The predicted octanol–water partition coefficient (Wildman–Crippen LogP) is 2.57. The summed E-state index contributed by atoms with van der Waals surface area (Å²) in [5.41, 5.74) is -0.896. The number of carbonyl (C=O) groups is 1. The van der Waals surface area contributed by atoms with E-state index in [1.807, 2.05) is 0 Å². The third kappa shape index (κ3) is 3.73. The number of hydrogen-bond acceptors (Lipinski definition) is 6. The zero-order valence-corrected chi connectivity index (χ0v) is 11.6. The van der Waals surface area contributed by atoms with E-state index in [0.29, 0.717) is 0 Å². The van der Waals surface area contributed by atoms with Crippen LogP contribution in [0, 0.1) is 20.2 Å². The third-order valence-corrected chi connectivity index (χ3v) is 2.56. The maximum absolute atomic E-state index is 11.9. The van der Waals surface area contributed by atoms with Crippen molar-refractivity contribution in [3.8, 4) is 0 Å². The molecule has 0 saturated heterocycles. The highest BCUT2D eigenvalue weighted by Gasteiger charge is 2.21. The molecule has 10 heteroatoms. The monoisotopic (exact) mass is 324 g/mol. The Kier molecular flexibility index (Phi) is 5.47. The van der Waals surface area contributed by atoms with Crippen molar-refractivity contribution < 1.29 is 14.6 Å². The molecular weight excluding hydrogens is 316 g/mol. The summed E-state index contributed by atoms with van der Waals surface area (Å²) in [7, 11) is 0. The van der Waals surface area contributed by atoms with Gasteiger partial charge in [-0.1, -0.05) is 0 Å². The Hall–Kier alpha value is -3.07. The molecule has 1 aromatic heterocycles. The highest BCUT2D eigenvalue weighted by Crippen LogP contribution is 2.29. The van der Waals surface area contributed by atoms with Crippen LogP contribution in [-0.4, -0.2) is 20.7 Å². The molecule has 22 heavy (non-hydrogen) atoms. The Morgan fingerprint density at radius 1 is 1.14 bits per heavy atom. The number of anilines is 1. The lowest BCUT2D eigenvalue weighted by molar-refractivity contribution is -0.393. The van der Waals surface area contributed by atoms with Crippen LogP contribution in [0.15, 0.2) is 42.7 Å². The first-order chi connectivity index (χ1) is 9.99. The van der Waals surface area contributed by atoms with Crippen LogP contribution in [0.5, 0.6) is 0 Å². The summed E-state index contributed by atoms with van der Waals surface area (Å²) in [6.45, 7) is 0. The van der Waals surface area contributed by atoms with Crippen molar-refractivity contribution in [2.45, 2.75) is 0 Å². The number of halogens is 1. The number of pyridine rings is 1. The van der Waals surface area contributed by atoms with Crippen molar-refractivity contribution in [1.82, 2.24) is 4.98 Å². The smallest absolute Gasteiger partial charge is 0.299 e. The van der Waals surface area contributed by atoms with Gasteiger partial charge in [-0.3, -0.25) is 30.0 Å². The number of nitrogens with zero attached hydrogens (tertiary/aromatic N) is 3. The van der Waals surface area contributed by atoms with Crippen LogP contribution in [0.25, 0.3) is 0 Å². The molecule has 1 heterocycles. The minimum absolute atomic E-state index is 0. The molecule has 1 amide bonds. The summed E-state index contributed by atoms with van der Waals surface area (Å²) in [5.74, 6) is -0.597. The zero-order chi connectivity index (χ0) is 15.4. The number of benzene rings is 1. The maximum Gasteiger partial charge on any atom is 0.299 e. The molecule has 0 bridgehead atoms. The number of carbonyl (C=O) groups excluding carboxylic acids is 1. The Balaban J connectivity index is 0.00000242. The predicted molar refractivity (Wildman–Crippen MR) is 79.2 cm³/mol. The van der Waals surface area contributed by atoms with Crippen molar-refractivity contribution in [1.29, 1.82) is 0 Å². The number of nitro benzene ring substituents is 2. The number of hydrogen-bond donors (Lipinski definition) is 1. The van der Waals surface area contributed by atoms with Crippen LogP contribution >= 0.6 is 12.4 Å².